The minimum atomic E-state index is -3.52. The van der Waals surface area contributed by atoms with E-state index in [9.17, 15) is 13.2 Å². The zero-order valence-electron chi connectivity index (χ0n) is 13.2. The molecule has 1 saturated heterocycles. The molecule has 7 heteroatoms. The second-order valence-corrected chi connectivity index (χ2v) is 7.95. The summed E-state index contributed by atoms with van der Waals surface area (Å²) in [5.74, 6) is -0.0502. The van der Waals surface area contributed by atoms with Crippen LogP contribution in [-0.2, 0) is 10.0 Å². The Bertz CT molecular complexity index is 870. The predicted molar refractivity (Wildman–Crippen MR) is 87.7 cm³/mol. The lowest BCUT2D eigenvalue weighted by atomic mass is 10.1. The van der Waals surface area contributed by atoms with Gasteiger partial charge in [-0.1, -0.05) is 11.6 Å². The van der Waals surface area contributed by atoms with Crippen molar-refractivity contribution >= 4 is 26.9 Å². The Kier molecular flexibility index (Phi) is 3.93. The van der Waals surface area contributed by atoms with Gasteiger partial charge in [-0.05, 0) is 38.3 Å². The second-order valence-electron chi connectivity index (χ2n) is 6.29. The normalized spacial score (nSPS) is 18.7. The highest BCUT2D eigenvalue weighted by molar-refractivity contribution is 7.89. The molecule has 1 aromatic carbocycles. The van der Waals surface area contributed by atoms with Crippen LogP contribution in [0.15, 0.2) is 22.6 Å². The van der Waals surface area contributed by atoms with Gasteiger partial charge in [-0.15, -0.1) is 0 Å². The standard InChI is InChI=1S/C16H20N2O4S/c1-10-3-4-14-13(7-10)11(2)15(22-14)16(19)18-6-5-12(8-18)9-23(17,20)21/h3-4,7,12H,5-6,8-9H2,1-2H3,(H2,17,20,21)/t12-/m1/s1. The quantitative estimate of drug-likeness (QED) is 0.925. The summed E-state index contributed by atoms with van der Waals surface area (Å²) in [6, 6.07) is 5.80. The van der Waals surface area contributed by atoms with Gasteiger partial charge in [0, 0.05) is 24.0 Å². The van der Waals surface area contributed by atoms with Crippen molar-refractivity contribution in [3.63, 3.8) is 0 Å². The van der Waals surface area contributed by atoms with Crippen LogP contribution in [0.25, 0.3) is 11.0 Å². The highest BCUT2D eigenvalue weighted by Gasteiger charge is 2.31. The molecule has 2 N–H and O–H groups in total. The van der Waals surface area contributed by atoms with E-state index < -0.39 is 10.0 Å². The van der Waals surface area contributed by atoms with Gasteiger partial charge in [-0.2, -0.15) is 0 Å². The van der Waals surface area contributed by atoms with Crippen molar-refractivity contribution in [3.8, 4) is 0 Å². The van der Waals surface area contributed by atoms with E-state index in [-0.39, 0.29) is 17.6 Å². The SMILES string of the molecule is Cc1ccc2oc(C(=O)N3CC[C@@H](CS(N)(=O)=O)C3)c(C)c2c1. The van der Waals surface area contributed by atoms with Gasteiger partial charge >= 0.3 is 0 Å². The van der Waals surface area contributed by atoms with Gasteiger partial charge in [-0.25, -0.2) is 13.6 Å². The zero-order chi connectivity index (χ0) is 16.8. The lowest BCUT2D eigenvalue weighted by Gasteiger charge is -2.15. The number of likely N-dealkylation sites (tertiary alicyclic amines) is 1. The molecule has 0 saturated carbocycles. The number of rotatable bonds is 3. The van der Waals surface area contributed by atoms with E-state index in [2.05, 4.69) is 0 Å². The van der Waals surface area contributed by atoms with Gasteiger partial charge in [0.1, 0.15) is 5.58 Å². The van der Waals surface area contributed by atoms with E-state index in [0.717, 1.165) is 16.5 Å². The summed E-state index contributed by atoms with van der Waals surface area (Å²) < 4.78 is 28.1. The van der Waals surface area contributed by atoms with Crippen LogP contribution >= 0.6 is 0 Å². The van der Waals surface area contributed by atoms with Crippen molar-refractivity contribution in [2.75, 3.05) is 18.8 Å². The van der Waals surface area contributed by atoms with Crippen LogP contribution in [0.2, 0.25) is 0 Å². The van der Waals surface area contributed by atoms with E-state index in [4.69, 9.17) is 9.56 Å². The Morgan fingerprint density at radius 2 is 2.13 bits per heavy atom. The summed E-state index contributed by atoms with van der Waals surface area (Å²) in [5, 5.41) is 6.03. The lowest BCUT2D eigenvalue weighted by molar-refractivity contribution is 0.0758. The second kappa shape index (κ2) is 5.65. The smallest absolute Gasteiger partial charge is 0.289 e. The molecule has 0 spiro atoms. The minimum Gasteiger partial charge on any atom is -0.451 e. The first-order valence-electron chi connectivity index (χ1n) is 7.54. The number of nitrogens with zero attached hydrogens (tertiary/aromatic N) is 1. The third-order valence-corrected chi connectivity index (χ3v) is 5.26. The zero-order valence-corrected chi connectivity index (χ0v) is 14.0. The molecule has 3 rings (SSSR count). The van der Waals surface area contributed by atoms with Crippen molar-refractivity contribution < 1.29 is 17.6 Å². The van der Waals surface area contributed by atoms with Gasteiger partial charge < -0.3 is 9.32 Å². The molecule has 1 aromatic heterocycles. The Morgan fingerprint density at radius 3 is 2.83 bits per heavy atom. The van der Waals surface area contributed by atoms with Crippen molar-refractivity contribution in [1.82, 2.24) is 4.90 Å². The molecule has 1 fully saturated rings. The monoisotopic (exact) mass is 336 g/mol. The first-order valence-corrected chi connectivity index (χ1v) is 9.25. The number of nitrogens with two attached hydrogens (primary N) is 1. The molecule has 1 aliphatic heterocycles. The molecule has 0 unspecified atom stereocenters. The fourth-order valence-electron chi connectivity index (χ4n) is 3.16. The van der Waals surface area contributed by atoms with Crippen LogP contribution < -0.4 is 5.14 Å². The molecule has 0 bridgehead atoms. The Hall–Kier alpha value is -1.86. The van der Waals surface area contributed by atoms with E-state index in [1.54, 1.807) is 4.90 Å². The summed E-state index contributed by atoms with van der Waals surface area (Å²) in [6.07, 6.45) is 0.639. The Morgan fingerprint density at radius 1 is 1.39 bits per heavy atom. The molecule has 23 heavy (non-hydrogen) atoms. The number of aryl methyl sites for hydroxylation is 2. The topological polar surface area (TPSA) is 93.6 Å². The molecule has 2 heterocycles. The summed E-state index contributed by atoms with van der Waals surface area (Å²) in [5.41, 5.74) is 2.62. The maximum atomic E-state index is 12.7. The fourth-order valence-corrected chi connectivity index (χ4v) is 4.09. The number of fused-ring (bicyclic) bond motifs is 1. The third-order valence-electron chi connectivity index (χ3n) is 4.33. The first-order chi connectivity index (χ1) is 10.7. The van der Waals surface area contributed by atoms with Gasteiger partial charge in [0.15, 0.2) is 5.76 Å². The lowest BCUT2D eigenvalue weighted by Crippen LogP contribution is -2.30. The van der Waals surface area contributed by atoms with Crippen molar-refractivity contribution in [2.45, 2.75) is 20.3 Å². The van der Waals surface area contributed by atoms with Crippen molar-refractivity contribution in [1.29, 1.82) is 0 Å². The van der Waals surface area contributed by atoms with Crippen LogP contribution in [0, 0.1) is 19.8 Å². The average Bonchev–Trinajstić information content (AvgIpc) is 3.02. The summed E-state index contributed by atoms with van der Waals surface area (Å²) in [7, 11) is -3.52. The van der Waals surface area contributed by atoms with Gasteiger partial charge in [0.2, 0.25) is 10.0 Å². The van der Waals surface area contributed by atoms with Crippen LogP contribution in [-0.4, -0.2) is 38.1 Å². The molecule has 0 radical (unpaired) electrons. The number of benzene rings is 1. The molecule has 0 aliphatic carbocycles. The number of primary sulfonamides is 1. The predicted octanol–water partition coefficient (Wildman–Crippen LogP) is 1.80. The van der Waals surface area contributed by atoms with Crippen LogP contribution in [0.3, 0.4) is 0 Å². The molecular formula is C16H20N2O4S. The summed E-state index contributed by atoms with van der Waals surface area (Å²) >= 11 is 0. The van der Waals surface area contributed by atoms with E-state index in [0.29, 0.717) is 30.9 Å². The molecule has 1 aliphatic rings. The Labute approximate surface area is 135 Å². The molecule has 1 amide bonds. The number of carbonyl (C=O) groups excluding carboxylic acids is 1. The van der Waals surface area contributed by atoms with Crippen LogP contribution in [0.4, 0.5) is 0 Å². The summed E-state index contributed by atoms with van der Waals surface area (Å²) in [4.78, 5) is 14.3. The largest absolute Gasteiger partial charge is 0.451 e. The maximum Gasteiger partial charge on any atom is 0.289 e. The fraction of sp³-hybridized carbons (Fsp3) is 0.438. The van der Waals surface area contributed by atoms with Crippen molar-refractivity contribution in [3.05, 3.63) is 35.1 Å². The molecule has 1 atom stereocenters. The number of furan rings is 1. The number of sulfonamides is 1. The molecule has 124 valence electrons. The molecule has 6 nitrogen and oxygen atoms in total. The van der Waals surface area contributed by atoms with E-state index in [1.807, 2.05) is 32.0 Å². The minimum absolute atomic E-state index is 0.0882. The van der Waals surface area contributed by atoms with Gasteiger partial charge in [0.25, 0.3) is 5.91 Å². The maximum absolute atomic E-state index is 12.7. The highest BCUT2D eigenvalue weighted by atomic mass is 32.2. The number of amides is 1. The third kappa shape index (κ3) is 3.25. The van der Waals surface area contributed by atoms with Crippen LogP contribution in [0.1, 0.15) is 28.1 Å². The molecule has 2 aromatic rings. The number of carbonyl (C=O) groups is 1. The van der Waals surface area contributed by atoms with E-state index >= 15 is 0 Å². The molecular weight excluding hydrogens is 316 g/mol. The van der Waals surface area contributed by atoms with Crippen molar-refractivity contribution in [2.24, 2.45) is 11.1 Å². The van der Waals surface area contributed by atoms with Gasteiger partial charge in [-0.3, -0.25) is 4.79 Å². The number of hydrogen-bond donors (Lipinski definition) is 1. The first kappa shape index (κ1) is 16.0. The average molecular weight is 336 g/mol. The number of hydrogen-bond acceptors (Lipinski definition) is 4. The highest BCUT2D eigenvalue weighted by Crippen LogP contribution is 2.28. The van der Waals surface area contributed by atoms with E-state index in [1.165, 1.54) is 0 Å². The van der Waals surface area contributed by atoms with Crippen LogP contribution in [0.5, 0.6) is 0 Å². The van der Waals surface area contributed by atoms with Gasteiger partial charge in [0.05, 0.1) is 5.75 Å². The summed E-state index contributed by atoms with van der Waals surface area (Å²) in [6.45, 7) is 4.78. The Balaban J connectivity index is 1.83.